The number of rotatable bonds is 9. The Morgan fingerprint density at radius 3 is 2.34 bits per heavy atom. The van der Waals surface area contributed by atoms with Crippen molar-refractivity contribution in [3.8, 4) is 5.75 Å². The minimum absolute atomic E-state index is 0.0144. The Morgan fingerprint density at radius 2 is 1.71 bits per heavy atom. The predicted molar refractivity (Wildman–Crippen MR) is 145 cm³/mol. The molecule has 0 aliphatic carbocycles. The molecule has 2 aromatic carbocycles. The number of nitrogens with zero attached hydrogens (tertiary/aromatic N) is 2. The molecular weight excluding hydrogens is 504 g/mol. The highest BCUT2D eigenvalue weighted by Gasteiger charge is 2.33. The van der Waals surface area contributed by atoms with Crippen LogP contribution in [0, 0.1) is 0 Å². The van der Waals surface area contributed by atoms with Crippen LogP contribution in [-0.4, -0.2) is 36.8 Å². The van der Waals surface area contributed by atoms with Crippen LogP contribution in [0.4, 0.5) is 0 Å². The molecule has 0 saturated carbocycles. The number of fused-ring (bicyclic) bond motifs is 1. The lowest BCUT2D eigenvalue weighted by atomic mass is 9.95. The molecule has 0 radical (unpaired) electrons. The molecule has 2 heterocycles. The summed E-state index contributed by atoms with van der Waals surface area (Å²) in [6.07, 6.45) is 4.90. The van der Waals surface area contributed by atoms with E-state index < -0.39 is 18.0 Å². The standard InChI is InChI=1S/C29H26N2O6S/c1-5-15-36-22-13-7-19(8-14-22)17-23-26(32)31-25(20-9-11-21(12-10-20)27(33)35-4)24(28(34)37-16-6-2)18(3)30-29(31)38-23/h5-14,17,25H,1-2,15-16H2,3-4H3. The predicted octanol–water partition coefficient (Wildman–Crippen LogP) is 3.32. The second-order valence-corrected chi connectivity index (χ2v) is 9.26. The van der Waals surface area contributed by atoms with Crippen molar-refractivity contribution in [3.63, 3.8) is 0 Å². The van der Waals surface area contributed by atoms with Crippen LogP contribution in [0.2, 0.25) is 0 Å². The lowest BCUT2D eigenvalue weighted by molar-refractivity contribution is -0.138. The maximum Gasteiger partial charge on any atom is 0.338 e. The molecule has 4 rings (SSSR count). The molecule has 1 atom stereocenters. The highest BCUT2D eigenvalue weighted by atomic mass is 32.1. The molecule has 38 heavy (non-hydrogen) atoms. The highest BCUT2D eigenvalue weighted by Crippen LogP contribution is 2.31. The van der Waals surface area contributed by atoms with Crippen LogP contribution in [0.15, 0.2) is 94.9 Å². The van der Waals surface area contributed by atoms with Crippen molar-refractivity contribution >= 4 is 29.4 Å². The van der Waals surface area contributed by atoms with Gasteiger partial charge in [-0.25, -0.2) is 14.6 Å². The Balaban J connectivity index is 1.83. The summed E-state index contributed by atoms with van der Waals surface area (Å²) in [7, 11) is 1.30. The van der Waals surface area contributed by atoms with E-state index in [9.17, 15) is 14.4 Å². The molecule has 0 amide bonds. The van der Waals surface area contributed by atoms with E-state index in [-0.39, 0.29) is 17.7 Å². The van der Waals surface area contributed by atoms with Crippen LogP contribution in [0.25, 0.3) is 6.08 Å². The molecule has 1 aliphatic rings. The van der Waals surface area contributed by atoms with Crippen molar-refractivity contribution in [1.82, 2.24) is 4.57 Å². The van der Waals surface area contributed by atoms with Gasteiger partial charge in [0.1, 0.15) is 19.0 Å². The van der Waals surface area contributed by atoms with E-state index in [1.54, 1.807) is 43.3 Å². The molecule has 1 unspecified atom stereocenters. The molecule has 3 aromatic rings. The second-order valence-electron chi connectivity index (χ2n) is 8.25. The molecule has 0 spiro atoms. The third kappa shape index (κ3) is 5.42. The van der Waals surface area contributed by atoms with Gasteiger partial charge >= 0.3 is 11.9 Å². The molecule has 1 aromatic heterocycles. The number of hydrogen-bond acceptors (Lipinski definition) is 8. The summed E-state index contributed by atoms with van der Waals surface area (Å²) in [5, 5.41) is 0. The summed E-state index contributed by atoms with van der Waals surface area (Å²) in [4.78, 5) is 43.8. The Kier molecular flexibility index (Phi) is 8.18. The Labute approximate surface area is 223 Å². The summed E-state index contributed by atoms with van der Waals surface area (Å²) in [6, 6.07) is 13.1. The summed E-state index contributed by atoms with van der Waals surface area (Å²) in [5.41, 5.74) is 2.15. The Morgan fingerprint density at radius 1 is 1.03 bits per heavy atom. The first-order valence-corrected chi connectivity index (χ1v) is 12.5. The van der Waals surface area contributed by atoms with Gasteiger partial charge in [0, 0.05) is 0 Å². The fourth-order valence-electron chi connectivity index (χ4n) is 4.00. The van der Waals surface area contributed by atoms with E-state index in [4.69, 9.17) is 14.2 Å². The van der Waals surface area contributed by atoms with Crippen LogP contribution in [0.3, 0.4) is 0 Å². The molecule has 1 aliphatic heterocycles. The largest absolute Gasteiger partial charge is 0.490 e. The summed E-state index contributed by atoms with van der Waals surface area (Å²) in [5.74, 6) is -0.395. The molecule has 0 N–H and O–H groups in total. The topological polar surface area (TPSA) is 96.2 Å². The van der Waals surface area contributed by atoms with Gasteiger partial charge in [0.05, 0.1) is 34.5 Å². The van der Waals surface area contributed by atoms with Crippen molar-refractivity contribution < 1.29 is 23.8 Å². The fraction of sp³-hybridized carbons (Fsp3) is 0.172. The third-order valence-corrected chi connectivity index (χ3v) is 6.75. The van der Waals surface area contributed by atoms with Gasteiger partial charge in [0.2, 0.25) is 0 Å². The number of esters is 2. The van der Waals surface area contributed by atoms with Gasteiger partial charge in [0.25, 0.3) is 5.56 Å². The maximum absolute atomic E-state index is 13.7. The number of ether oxygens (including phenoxy) is 3. The number of benzene rings is 2. The number of thiazole rings is 1. The third-order valence-electron chi connectivity index (χ3n) is 5.77. The number of aromatic nitrogens is 1. The summed E-state index contributed by atoms with van der Waals surface area (Å²) in [6.45, 7) is 9.35. The average molecular weight is 531 g/mol. The first kappa shape index (κ1) is 26.6. The molecular formula is C29H26N2O6S. The van der Waals surface area contributed by atoms with Crippen LogP contribution in [-0.2, 0) is 14.3 Å². The number of allylic oxidation sites excluding steroid dienone is 1. The number of methoxy groups -OCH3 is 1. The van der Waals surface area contributed by atoms with Crippen molar-refractivity contribution in [3.05, 3.63) is 121 Å². The van der Waals surface area contributed by atoms with Gasteiger partial charge in [-0.1, -0.05) is 60.9 Å². The van der Waals surface area contributed by atoms with E-state index in [2.05, 4.69) is 18.2 Å². The normalized spacial score (nSPS) is 14.8. The molecule has 0 fully saturated rings. The van der Waals surface area contributed by atoms with Crippen molar-refractivity contribution in [2.75, 3.05) is 20.3 Å². The van der Waals surface area contributed by atoms with Crippen LogP contribution < -0.4 is 19.6 Å². The monoisotopic (exact) mass is 530 g/mol. The lowest BCUT2D eigenvalue weighted by Crippen LogP contribution is -2.40. The number of hydrogen-bond donors (Lipinski definition) is 0. The first-order chi connectivity index (χ1) is 18.4. The van der Waals surface area contributed by atoms with Gasteiger partial charge in [-0.05, 0) is 48.4 Å². The Hall–Kier alpha value is -4.50. The van der Waals surface area contributed by atoms with Crippen molar-refractivity contribution in [2.24, 2.45) is 4.99 Å². The number of carbonyl (C=O) groups excluding carboxylic acids is 2. The molecule has 0 saturated heterocycles. The van der Waals surface area contributed by atoms with E-state index in [1.807, 2.05) is 24.3 Å². The zero-order valence-corrected chi connectivity index (χ0v) is 21.8. The van der Waals surface area contributed by atoms with E-state index in [0.29, 0.717) is 38.5 Å². The molecule has 8 nitrogen and oxygen atoms in total. The minimum Gasteiger partial charge on any atom is -0.490 e. The van der Waals surface area contributed by atoms with Crippen LogP contribution in [0.5, 0.6) is 5.75 Å². The molecule has 0 bridgehead atoms. The average Bonchev–Trinajstić information content (AvgIpc) is 3.24. The SMILES string of the molecule is C=CCOC(=O)C1=C(C)N=c2sc(=Cc3ccc(OCC=C)cc3)c(=O)n2C1c1ccc(C(=O)OC)cc1. The van der Waals surface area contributed by atoms with Gasteiger partial charge in [-0.3, -0.25) is 9.36 Å². The summed E-state index contributed by atoms with van der Waals surface area (Å²) < 4.78 is 17.6. The zero-order chi connectivity index (χ0) is 27.2. The van der Waals surface area contributed by atoms with Crippen molar-refractivity contribution in [2.45, 2.75) is 13.0 Å². The second kappa shape index (κ2) is 11.7. The van der Waals surface area contributed by atoms with E-state index in [1.165, 1.54) is 29.1 Å². The first-order valence-electron chi connectivity index (χ1n) is 11.7. The lowest BCUT2D eigenvalue weighted by Gasteiger charge is -2.24. The van der Waals surface area contributed by atoms with E-state index in [0.717, 1.165) is 5.56 Å². The van der Waals surface area contributed by atoms with E-state index >= 15 is 0 Å². The van der Waals surface area contributed by atoms with Gasteiger partial charge in [-0.15, -0.1) is 0 Å². The van der Waals surface area contributed by atoms with Crippen LogP contribution >= 0.6 is 11.3 Å². The maximum atomic E-state index is 13.7. The molecule has 9 heteroatoms. The van der Waals surface area contributed by atoms with Crippen molar-refractivity contribution in [1.29, 1.82) is 0 Å². The fourth-order valence-corrected chi connectivity index (χ4v) is 5.04. The smallest absolute Gasteiger partial charge is 0.338 e. The summed E-state index contributed by atoms with van der Waals surface area (Å²) >= 11 is 1.23. The quantitative estimate of drug-likeness (QED) is 0.311. The molecule has 194 valence electrons. The highest BCUT2D eigenvalue weighted by molar-refractivity contribution is 7.07. The minimum atomic E-state index is -0.799. The Bertz CT molecular complexity index is 1590. The zero-order valence-electron chi connectivity index (χ0n) is 21.0. The van der Waals surface area contributed by atoms with Crippen LogP contribution in [0.1, 0.15) is 34.5 Å². The van der Waals surface area contributed by atoms with Gasteiger partial charge in [0.15, 0.2) is 4.80 Å². The van der Waals surface area contributed by atoms with Gasteiger partial charge < -0.3 is 14.2 Å². The number of carbonyl (C=O) groups is 2. The van der Waals surface area contributed by atoms with Gasteiger partial charge in [-0.2, -0.15) is 0 Å².